The van der Waals surface area contributed by atoms with E-state index in [1.165, 1.54) is 10.8 Å². The van der Waals surface area contributed by atoms with Crippen LogP contribution in [0, 0.1) is 0 Å². The Morgan fingerprint density at radius 2 is 2.22 bits per heavy atom. The topological polar surface area (TPSA) is 94.9 Å². The Labute approximate surface area is 155 Å². The van der Waals surface area contributed by atoms with Crippen LogP contribution in [0.3, 0.4) is 0 Å². The first-order valence-electron chi connectivity index (χ1n) is 8.81. The van der Waals surface area contributed by atoms with Crippen molar-refractivity contribution in [3.63, 3.8) is 0 Å². The lowest BCUT2D eigenvalue weighted by atomic mass is 10.3. The molecule has 1 amide bonds. The van der Waals surface area contributed by atoms with Gasteiger partial charge in [-0.15, -0.1) is 5.10 Å². The van der Waals surface area contributed by atoms with Crippen LogP contribution in [0.2, 0.25) is 0 Å². The first kappa shape index (κ1) is 17.0. The van der Waals surface area contributed by atoms with Crippen LogP contribution >= 0.6 is 0 Å². The quantitative estimate of drug-likeness (QED) is 0.645. The van der Waals surface area contributed by atoms with Gasteiger partial charge in [0.15, 0.2) is 5.82 Å². The van der Waals surface area contributed by atoms with Crippen LogP contribution in [0.25, 0.3) is 17.5 Å². The van der Waals surface area contributed by atoms with E-state index in [-0.39, 0.29) is 17.6 Å². The third-order valence-corrected chi connectivity index (χ3v) is 4.27. The molecule has 8 nitrogen and oxygen atoms in total. The number of furan rings is 1. The SMILES string of the molecule is O=C(/C=C/c1ccco1)NCCn1nc(-c2cccnc2)n(C2CC2)c1=O. The summed E-state index contributed by atoms with van der Waals surface area (Å²) in [7, 11) is 0. The predicted molar refractivity (Wildman–Crippen MR) is 98.7 cm³/mol. The van der Waals surface area contributed by atoms with Gasteiger partial charge in [-0.3, -0.25) is 14.3 Å². The van der Waals surface area contributed by atoms with Crippen molar-refractivity contribution in [1.82, 2.24) is 24.6 Å². The van der Waals surface area contributed by atoms with Gasteiger partial charge in [-0.2, -0.15) is 0 Å². The lowest BCUT2D eigenvalue weighted by Gasteiger charge is -2.02. The summed E-state index contributed by atoms with van der Waals surface area (Å²) in [5.41, 5.74) is 0.655. The number of pyridine rings is 1. The second-order valence-electron chi connectivity index (χ2n) is 6.31. The van der Waals surface area contributed by atoms with E-state index in [1.54, 1.807) is 41.4 Å². The van der Waals surface area contributed by atoms with Crippen LogP contribution in [-0.4, -0.2) is 31.8 Å². The van der Waals surface area contributed by atoms with Crippen LogP contribution in [0.5, 0.6) is 0 Å². The van der Waals surface area contributed by atoms with Crippen molar-refractivity contribution in [1.29, 1.82) is 0 Å². The third kappa shape index (κ3) is 3.89. The summed E-state index contributed by atoms with van der Waals surface area (Å²) in [6.07, 6.45) is 9.87. The fourth-order valence-corrected chi connectivity index (χ4v) is 2.81. The highest BCUT2D eigenvalue weighted by Gasteiger charge is 2.30. The maximum atomic E-state index is 12.7. The van der Waals surface area contributed by atoms with Gasteiger partial charge in [0.05, 0.1) is 12.8 Å². The van der Waals surface area contributed by atoms with Gasteiger partial charge >= 0.3 is 5.69 Å². The van der Waals surface area contributed by atoms with E-state index in [9.17, 15) is 9.59 Å². The summed E-state index contributed by atoms with van der Waals surface area (Å²) >= 11 is 0. The van der Waals surface area contributed by atoms with Crippen molar-refractivity contribution in [2.75, 3.05) is 6.54 Å². The standard InChI is InChI=1S/C19H19N5O3/c25-17(8-7-16-4-2-12-27-16)21-10-11-23-19(26)24(15-5-6-15)18(22-23)14-3-1-9-20-13-14/h1-4,7-9,12-13,15H,5-6,10-11H2,(H,21,25)/b8-7+. The lowest BCUT2D eigenvalue weighted by molar-refractivity contribution is -0.116. The number of carbonyl (C=O) groups is 1. The average molecular weight is 365 g/mol. The maximum Gasteiger partial charge on any atom is 0.346 e. The Kier molecular flexibility index (Phi) is 4.69. The van der Waals surface area contributed by atoms with Gasteiger partial charge in [-0.05, 0) is 43.2 Å². The molecule has 4 rings (SSSR count). The second kappa shape index (κ2) is 7.45. The molecule has 0 atom stereocenters. The van der Waals surface area contributed by atoms with Gasteiger partial charge in [0, 0.05) is 36.6 Å². The number of nitrogens with one attached hydrogen (secondary N) is 1. The van der Waals surface area contributed by atoms with Gasteiger partial charge in [-0.25, -0.2) is 9.48 Å². The molecule has 3 aromatic rings. The van der Waals surface area contributed by atoms with E-state index < -0.39 is 0 Å². The van der Waals surface area contributed by atoms with Crippen LogP contribution < -0.4 is 11.0 Å². The minimum Gasteiger partial charge on any atom is -0.465 e. The summed E-state index contributed by atoms with van der Waals surface area (Å²) in [5, 5.41) is 7.21. The Bertz CT molecular complexity index is 998. The van der Waals surface area contributed by atoms with Crippen LogP contribution in [-0.2, 0) is 11.3 Å². The van der Waals surface area contributed by atoms with Crippen molar-refractivity contribution in [2.45, 2.75) is 25.4 Å². The molecule has 3 aromatic heterocycles. The molecule has 0 saturated heterocycles. The smallest absolute Gasteiger partial charge is 0.346 e. The molecular formula is C19H19N5O3. The van der Waals surface area contributed by atoms with Gasteiger partial charge in [0.25, 0.3) is 0 Å². The van der Waals surface area contributed by atoms with Crippen molar-refractivity contribution in [3.8, 4) is 11.4 Å². The van der Waals surface area contributed by atoms with Gasteiger partial charge < -0.3 is 9.73 Å². The number of hydrogen-bond acceptors (Lipinski definition) is 5. The molecular weight excluding hydrogens is 346 g/mol. The molecule has 0 unspecified atom stereocenters. The average Bonchev–Trinajstić information content (AvgIpc) is 3.27. The highest BCUT2D eigenvalue weighted by Crippen LogP contribution is 2.36. The molecule has 3 heterocycles. The van der Waals surface area contributed by atoms with Crippen LogP contribution in [0.15, 0.2) is 58.2 Å². The number of rotatable bonds is 7. The summed E-state index contributed by atoms with van der Waals surface area (Å²) in [5.74, 6) is 0.971. The molecule has 1 N–H and O–H groups in total. The van der Waals surface area contributed by atoms with E-state index in [4.69, 9.17) is 4.42 Å². The van der Waals surface area contributed by atoms with Crippen molar-refractivity contribution >= 4 is 12.0 Å². The summed E-state index contributed by atoms with van der Waals surface area (Å²) < 4.78 is 8.26. The molecule has 27 heavy (non-hydrogen) atoms. The van der Waals surface area contributed by atoms with E-state index in [1.807, 2.05) is 12.1 Å². The van der Waals surface area contributed by atoms with Crippen molar-refractivity contribution in [3.05, 3.63) is 65.2 Å². The number of aromatic nitrogens is 4. The normalized spacial score (nSPS) is 13.9. The van der Waals surface area contributed by atoms with Gasteiger partial charge in [-0.1, -0.05) is 0 Å². The number of hydrogen-bond donors (Lipinski definition) is 1. The fraction of sp³-hybridized carbons (Fsp3) is 0.263. The predicted octanol–water partition coefficient (Wildman–Crippen LogP) is 1.86. The van der Waals surface area contributed by atoms with Crippen molar-refractivity contribution in [2.24, 2.45) is 0 Å². The van der Waals surface area contributed by atoms with Crippen LogP contribution in [0.1, 0.15) is 24.6 Å². The number of amides is 1. The lowest BCUT2D eigenvalue weighted by Crippen LogP contribution is -2.31. The van der Waals surface area contributed by atoms with Crippen molar-refractivity contribution < 1.29 is 9.21 Å². The van der Waals surface area contributed by atoms with Gasteiger partial charge in [0.2, 0.25) is 5.91 Å². The molecule has 0 bridgehead atoms. The highest BCUT2D eigenvalue weighted by molar-refractivity contribution is 5.91. The number of nitrogens with zero attached hydrogens (tertiary/aromatic N) is 4. The maximum absolute atomic E-state index is 12.7. The molecule has 1 aliphatic carbocycles. The zero-order valence-electron chi connectivity index (χ0n) is 14.6. The molecule has 1 fully saturated rings. The Balaban J connectivity index is 1.43. The highest BCUT2D eigenvalue weighted by atomic mass is 16.3. The molecule has 0 spiro atoms. The monoisotopic (exact) mass is 365 g/mol. The van der Waals surface area contributed by atoms with Crippen LogP contribution in [0.4, 0.5) is 0 Å². The molecule has 1 aliphatic rings. The Morgan fingerprint density at radius 3 is 2.93 bits per heavy atom. The number of carbonyl (C=O) groups excluding carboxylic acids is 1. The Hall–Kier alpha value is -3.42. The zero-order valence-corrected chi connectivity index (χ0v) is 14.6. The minimum absolute atomic E-state index is 0.156. The first-order valence-corrected chi connectivity index (χ1v) is 8.81. The molecule has 0 aromatic carbocycles. The van der Waals surface area contributed by atoms with E-state index in [0.29, 0.717) is 24.7 Å². The summed E-state index contributed by atoms with van der Waals surface area (Å²) in [6.45, 7) is 0.599. The summed E-state index contributed by atoms with van der Waals surface area (Å²) in [4.78, 5) is 28.7. The summed E-state index contributed by atoms with van der Waals surface area (Å²) in [6, 6.07) is 7.42. The van der Waals surface area contributed by atoms with E-state index in [2.05, 4.69) is 15.4 Å². The molecule has 0 aliphatic heterocycles. The fourth-order valence-electron chi connectivity index (χ4n) is 2.81. The van der Waals surface area contributed by atoms with E-state index in [0.717, 1.165) is 18.4 Å². The van der Waals surface area contributed by atoms with Gasteiger partial charge in [0.1, 0.15) is 5.76 Å². The third-order valence-electron chi connectivity index (χ3n) is 4.27. The molecule has 8 heteroatoms. The second-order valence-corrected chi connectivity index (χ2v) is 6.31. The zero-order chi connectivity index (χ0) is 18.6. The van der Waals surface area contributed by atoms with E-state index >= 15 is 0 Å². The molecule has 0 radical (unpaired) electrons. The minimum atomic E-state index is -0.256. The molecule has 138 valence electrons. The first-order chi connectivity index (χ1) is 13.2. The Morgan fingerprint density at radius 1 is 1.33 bits per heavy atom. The largest absolute Gasteiger partial charge is 0.465 e. The molecule has 1 saturated carbocycles.